The molecule has 0 radical (unpaired) electrons. The van der Waals surface area contributed by atoms with Crippen molar-refractivity contribution in [1.29, 1.82) is 0 Å². The molecule has 1 aromatic rings. The molecule has 1 saturated carbocycles. The molecule has 1 spiro atoms. The first-order valence-electron chi connectivity index (χ1n) is 8.43. The van der Waals surface area contributed by atoms with Gasteiger partial charge in [-0.3, -0.25) is 0 Å². The summed E-state index contributed by atoms with van der Waals surface area (Å²) < 4.78 is 6.49. The van der Waals surface area contributed by atoms with Crippen LogP contribution in [0.1, 0.15) is 70.9 Å². The second kappa shape index (κ2) is 5.31. The second-order valence-corrected chi connectivity index (χ2v) is 8.13. The Balaban J connectivity index is 1.81. The first kappa shape index (κ1) is 14.9. The molecule has 116 valence electrons. The molecule has 0 aromatic heterocycles. The third kappa shape index (κ3) is 2.96. The van der Waals surface area contributed by atoms with Crippen LogP contribution in [0.3, 0.4) is 0 Å². The van der Waals surface area contributed by atoms with E-state index in [-0.39, 0.29) is 11.6 Å². The van der Waals surface area contributed by atoms with Crippen LogP contribution < -0.4 is 10.5 Å². The zero-order chi connectivity index (χ0) is 15.1. The minimum absolute atomic E-state index is 0.0201. The summed E-state index contributed by atoms with van der Waals surface area (Å²) in [5, 5.41) is 0. The molecule has 1 fully saturated rings. The van der Waals surface area contributed by atoms with Gasteiger partial charge >= 0.3 is 0 Å². The zero-order valence-electron chi connectivity index (χ0n) is 13.7. The normalized spacial score (nSPS) is 33.1. The highest BCUT2D eigenvalue weighted by Gasteiger charge is 2.42. The van der Waals surface area contributed by atoms with Crippen LogP contribution in [0, 0.1) is 11.3 Å². The molecule has 2 heteroatoms. The molecule has 2 aliphatic rings. The molecule has 1 aromatic carbocycles. The molecule has 21 heavy (non-hydrogen) atoms. The Morgan fingerprint density at radius 3 is 2.67 bits per heavy atom. The number of fused-ring (bicyclic) bond motifs is 1. The molecule has 3 unspecified atom stereocenters. The summed E-state index contributed by atoms with van der Waals surface area (Å²) in [6, 6.07) is 8.44. The molecule has 1 aliphatic heterocycles. The van der Waals surface area contributed by atoms with Crippen molar-refractivity contribution in [2.45, 2.75) is 70.9 Å². The lowest BCUT2D eigenvalue weighted by Gasteiger charge is -2.41. The predicted molar refractivity (Wildman–Crippen MR) is 87.4 cm³/mol. The van der Waals surface area contributed by atoms with Crippen molar-refractivity contribution in [3.05, 3.63) is 29.8 Å². The van der Waals surface area contributed by atoms with E-state index in [9.17, 15) is 0 Å². The Hall–Kier alpha value is -1.02. The Bertz CT molecular complexity index is 505. The number of nitrogens with two attached hydrogens (primary N) is 1. The summed E-state index contributed by atoms with van der Waals surface area (Å²) in [6.45, 7) is 7.12. The monoisotopic (exact) mass is 287 g/mol. The Morgan fingerprint density at radius 2 is 1.90 bits per heavy atom. The van der Waals surface area contributed by atoms with Crippen molar-refractivity contribution >= 4 is 0 Å². The van der Waals surface area contributed by atoms with Crippen LogP contribution in [-0.2, 0) is 0 Å². The topological polar surface area (TPSA) is 35.2 Å². The van der Waals surface area contributed by atoms with Gasteiger partial charge in [0, 0.05) is 18.0 Å². The maximum Gasteiger partial charge on any atom is 0.124 e. The van der Waals surface area contributed by atoms with Crippen LogP contribution in [0.2, 0.25) is 0 Å². The van der Waals surface area contributed by atoms with E-state index in [2.05, 4.69) is 45.0 Å². The van der Waals surface area contributed by atoms with E-state index < -0.39 is 0 Å². The quantitative estimate of drug-likeness (QED) is 0.741. The van der Waals surface area contributed by atoms with E-state index >= 15 is 0 Å². The summed E-state index contributed by atoms with van der Waals surface area (Å²) in [6.07, 6.45) is 7.13. The van der Waals surface area contributed by atoms with Crippen molar-refractivity contribution < 1.29 is 4.74 Å². The average Bonchev–Trinajstić information content (AvgIpc) is 2.61. The molecule has 3 rings (SSSR count). The van der Waals surface area contributed by atoms with Gasteiger partial charge in [0.05, 0.1) is 0 Å². The zero-order valence-corrected chi connectivity index (χ0v) is 13.7. The highest BCUT2D eigenvalue weighted by Crippen LogP contribution is 2.47. The first-order chi connectivity index (χ1) is 9.90. The summed E-state index contributed by atoms with van der Waals surface area (Å²) >= 11 is 0. The Kier molecular flexibility index (Phi) is 3.77. The van der Waals surface area contributed by atoms with Crippen LogP contribution in [0.15, 0.2) is 24.3 Å². The van der Waals surface area contributed by atoms with Crippen molar-refractivity contribution in [3.8, 4) is 5.75 Å². The van der Waals surface area contributed by atoms with Gasteiger partial charge in [-0.15, -0.1) is 0 Å². The van der Waals surface area contributed by atoms with Gasteiger partial charge in [0.2, 0.25) is 0 Å². The van der Waals surface area contributed by atoms with Gasteiger partial charge in [-0.05, 0) is 49.5 Å². The number of ether oxygens (including phenoxy) is 1. The van der Waals surface area contributed by atoms with Crippen molar-refractivity contribution in [3.63, 3.8) is 0 Å². The number of rotatable bonds is 0. The van der Waals surface area contributed by atoms with Gasteiger partial charge < -0.3 is 10.5 Å². The SMILES string of the molecule is CC(C)(C)C1CCCC2(CC1)CC(N)c1ccccc1O2. The Labute approximate surface area is 129 Å². The van der Waals surface area contributed by atoms with Crippen molar-refractivity contribution in [2.75, 3.05) is 0 Å². The highest BCUT2D eigenvalue weighted by atomic mass is 16.5. The largest absolute Gasteiger partial charge is 0.487 e. The van der Waals surface area contributed by atoms with Gasteiger partial charge in [0.15, 0.2) is 0 Å². The van der Waals surface area contributed by atoms with E-state index in [0.29, 0.717) is 5.41 Å². The van der Waals surface area contributed by atoms with E-state index in [4.69, 9.17) is 10.5 Å². The number of hydrogen-bond acceptors (Lipinski definition) is 2. The first-order valence-corrected chi connectivity index (χ1v) is 8.43. The minimum Gasteiger partial charge on any atom is -0.487 e. The summed E-state index contributed by atoms with van der Waals surface area (Å²) in [5.74, 6) is 1.82. The van der Waals surface area contributed by atoms with Crippen molar-refractivity contribution in [1.82, 2.24) is 0 Å². The highest BCUT2D eigenvalue weighted by molar-refractivity contribution is 5.38. The molecule has 3 atom stereocenters. The number of para-hydroxylation sites is 1. The van der Waals surface area contributed by atoms with Crippen molar-refractivity contribution in [2.24, 2.45) is 17.1 Å². The summed E-state index contributed by atoms with van der Waals surface area (Å²) in [5.41, 5.74) is 8.01. The molecular formula is C19H29NO. The van der Waals surface area contributed by atoms with Crippen LogP contribution in [-0.4, -0.2) is 5.60 Å². The maximum absolute atomic E-state index is 6.49. The van der Waals surface area contributed by atoms with E-state index in [1.807, 2.05) is 0 Å². The fraction of sp³-hybridized carbons (Fsp3) is 0.684. The van der Waals surface area contributed by atoms with Crippen LogP contribution in [0.5, 0.6) is 5.75 Å². The smallest absolute Gasteiger partial charge is 0.124 e. The van der Waals surface area contributed by atoms with Gasteiger partial charge in [-0.2, -0.15) is 0 Å². The van der Waals surface area contributed by atoms with Gasteiger partial charge in [-0.25, -0.2) is 0 Å². The molecule has 0 saturated heterocycles. The standard InChI is InChI=1S/C19H29NO/c1-18(2,3)14-7-6-11-19(12-10-14)13-16(20)15-8-4-5-9-17(15)21-19/h4-5,8-9,14,16H,6-7,10-13,20H2,1-3H3. The third-order valence-corrected chi connectivity index (χ3v) is 5.60. The van der Waals surface area contributed by atoms with E-state index in [1.165, 1.54) is 24.8 Å². The molecule has 2 nitrogen and oxygen atoms in total. The van der Waals surface area contributed by atoms with E-state index in [0.717, 1.165) is 30.9 Å². The molecule has 2 N–H and O–H groups in total. The third-order valence-electron chi connectivity index (χ3n) is 5.60. The summed E-state index contributed by atoms with van der Waals surface area (Å²) in [7, 11) is 0. The second-order valence-electron chi connectivity index (χ2n) is 8.13. The molecule has 1 heterocycles. The number of benzene rings is 1. The molecule has 0 amide bonds. The molecule has 1 aliphatic carbocycles. The minimum atomic E-state index is -0.0201. The summed E-state index contributed by atoms with van der Waals surface area (Å²) in [4.78, 5) is 0. The Morgan fingerprint density at radius 1 is 1.14 bits per heavy atom. The lowest BCUT2D eigenvalue weighted by molar-refractivity contribution is 0.0188. The van der Waals surface area contributed by atoms with Crippen LogP contribution >= 0.6 is 0 Å². The number of hydrogen-bond donors (Lipinski definition) is 1. The van der Waals surface area contributed by atoms with Crippen LogP contribution in [0.25, 0.3) is 0 Å². The molecule has 0 bridgehead atoms. The lowest BCUT2D eigenvalue weighted by Crippen LogP contribution is -2.42. The van der Waals surface area contributed by atoms with Gasteiger partial charge in [0.1, 0.15) is 11.4 Å². The maximum atomic E-state index is 6.49. The molecular weight excluding hydrogens is 258 g/mol. The van der Waals surface area contributed by atoms with E-state index in [1.54, 1.807) is 0 Å². The van der Waals surface area contributed by atoms with Gasteiger partial charge in [-0.1, -0.05) is 39.0 Å². The van der Waals surface area contributed by atoms with Crippen LogP contribution in [0.4, 0.5) is 0 Å². The average molecular weight is 287 g/mol. The predicted octanol–water partition coefficient (Wildman–Crippen LogP) is 4.83. The fourth-order valence-electron chi connectivity index (χ4n) is 4.21. The lowest BCUT2D eigenvalue weighted by atomic mass is 9.75. The van der Waals surface area contributed by atoms with Gasteiger partial charge in [0.25, 0.3) is 0 Å². The fourth-order valence-corrected chi connectivity index (χ4v) is 4.21.